The van der Waals surface area contributed by atoms with E-state index in [0.29, 0.717) is 23.3 Å². The Morgan fingerprint density at radius 2 is 2.17 bits per heavy atom. The third kappa shape index (κ3) is 2.96. The Bertz CT molecular complexity index is 534. The third-order valence-electron chi connectivity index (χ3n) is 2.68. The maximum absolute atomic E-state index is 5.97. The molecule has 5 heteroatoms. The van der Waals surface area contributed by atoms with Crippen LogP contribution in [0.2, 0.25) is 5.02 Å². The van der Waals surface area contributed by atoms with Gasteiger partial charge in [-0.25, -0.2) is 0 Å². The quantitative estimate of drug-likeness (QED) is 0.833. The van der Waals surface area contributed by atoms with Gasteiger partial charge in [-0.1, -0.05) is 17.7 Å². The molecule has 0 aliphatic rings. The molecule has 2 aromatic rings. The van der Waals surface area contributed by atoms with Crippen LogP contribution in [0, 0.1) is 0 Å². The number of benzene rings is 1. The van der Waals surface area contributed by atoms with Crippen molar-refractivity contribution in [2.24, 2.45) is 0 Å². The van der Waals surface area contributed by atoms with Crippen molar-refractivity contribution < 1.29 is 0 Å². The maximum Gasteiger partial charge on any atom is 0.148 e. The first-order valence-corrected chi connectivity index (χ1v) is 6.27. The number of hydrogen-bond acceptors (Lipinski definition) is 3. The lowest BCUT2D eigenvalue weighted by molar-refractivity contribution is 0.534. The summed E-state index contributed by atoms with van der Waals surface area (Å²) in [6.07, 6.45) is 1.96. The molecule has 0 saturated carbocycles. The van der Waals surface area contributed by atoms with E-state index >= 15 is 0 Å². The number of nitrogens with two attached hydrogens (primary N) is 1. The van der Waals surface area contributed by atoms with E-state index in [2.05, 4.69) is 24.3 Å². The zero-order chi connectivity index (χ0) is 13.1. The molecular weight excluding hydrogens is 248 g/mol. The van der Waals surface area contributed by atoms with E-state index in [1.807, 2.05) is 35.1 Å². The molecule has 0 atom stereocenters. The first kappa shape index (κ1) is 12.8. The molecule has 0 aliphatic heterocycles. The van der Waals surface area contributed by atoms with E-state index in [9.17, 15) is 0 Å². The molecular formula is C13H17ClN4. The summed E-state index contributed by atoms with van der Waals surface area (Å²) in [5, 5.41) is 8.25. The standard InChI is InChI=1S/C13H17ClN4/c1-9(2)18-6-5-13(17-18)16-8-10-3-4-12(15)11(14)7-10/h3-7,9H,8,15H2,1-2H3,(H,16,17). The topological polar surface area (TPSA) is 55.9 Å². The van der Waals surface area contributed by atoms with Crippen LogP contribution in [0.5, 0.6) is 0 Å². The zero-order valence-electron chi connectivity index (χ0n) is 10.5. The highest BCUT2D eigenvalue weighted by atomic mass is 35.5. The van der Waals surface area contributed by atoms with Gasteiger partial charge in [-0.15, -0.1) is 0 Å². The number of hydrogen-bond donors (Lipinski definition) is 2. The zero-order valence-corrected chi connectivity index (χ0v) is 11.3. The second kappa shape index (κ2) is 5.31. The maximum atomic E-state index is 5.97. The van der Waals surface area contributed by atoms with Gasteiger partial charge in [0, 0.05) is 24.8 Å². The first-order valence-electron chi connectivity index (χ1n) is 5.89. The minimum Gasteiger partial charge on any atom is -0.398 e. The summed E-state index contributed by atoms with van der Waals surface area (Å²) >= 11 is 5.97. The average Bonchev–Trinajstić information content (AvgIpc) is 2.79. The van der Waals surface area contributed by atoms with Gasteiger partial charge < -0.3 is 11.1 Å². The van der Waals surface area contributed by atoms with Gasteiger partial charge in [-0.3, -0.25) is 4.68 Å². The lowest BCUT2D eigenvalue weighted by Crippen LogP contribution is -2.04. The number of nitrogens with zero attached hydrogens (tertiary/aromatic N) is 2. The highest BCUT2D eigenvalue weighted by Crippen LogP contribution is 2.20. The minimum atomic E-state index is 0.367. The summed E-state index contributed by atoms with van der Waals surface area (Å²) in [5.41, 5.74) is 7.34. The summed E-state index contributed by atoms with van der Waals surface area (Å²) in [4.78, 5) is 0. The lowest BCUT2D eigenvalue weighted by Gasteiger charge is -2.06. The van der Waals surface area contributed by atoms with Gasteiger partial charge in [-0.2, -0.15) is 5.10 Å². The molecule has 3 N–H and O–H groups in total. The van der Waals surface area contributed by atoms with Crippen molar-refractivity contribution in [3.63, 3.8) is 0 Å². The Labute approximate surface area is 112 Å². The van der Waals surface area contributed by atoms with Crippen molar-refractivity contribution in [3.8, 4) is 0 Å². The van der Waals surface area contributed by atoms with Crippen molar-refractivity contribution in [1.29, 1.82) is 0 Å². The van der Waals surface area contributed by atoms with E-state index in [1.54, 1.807) is 0 Å². The summed E-state index contributed by atoms with van der Waals surface area (Å²) in [7, 11) is 0. The Balaban J connectivity index is 2.00. The summed E-state index contributed by atoms with van der Waals surface area (Å²) in [6, 6.07) is 7.95. The number of nitrogen functional groups attached to an aromatic ring is 1. The Hall–Kier alpha value is -1.68. The molecule has 4 nitrogen and oxygen atoms in total. The fourth-order valence-corrected chi connectivity index (χ4v) is 1.80. The van der Waals surface area contributed by atoms with Gasteiger partial charge >= 0.3 is 0 Å². The monoisotopic (exact) mass is 264 g/mol. The molecule has 0 radical (unpaired) electrons. The van der Waals surface area contributed by atoms with Crippen LogP contribution in [0.4, 0.5) is 11.5 Å². The second-order valence-electron chi connectivity index (χ2n) is 4.48. The van der Waals surface area contributed by atoms with E-state index in [4.69, 9.17) is 17.3 Å². The highest BCUT2D eigenvalue weighted by Gasteiger charge is 2.02. The SMILES string of the molecule is CC(C)n1ccc(NCc2ccc(N)c(Cl)c2)n1. The van der Waals surface area contributed by atoms with E-state index in [-0.39, 0.29) is 0 Å². The Morgan fingerprint density at radius 1 is 1.39 bits per heavy atom. The molecule has 96 valence electrons. The average molecular weight is 265 g/mol. The number of aromatic nitrogens is 2. The molecule has 18 heavy (non-hydrogen) atoms. The van der Waals surface area contributed by atoms with Gasteiger partial charge in [0.05, 0.1) is 10.7 Å². The van der Waals surface area contributed by atoms with Crippen molar-refractivity contribution >= 4 is 23.1 Å². The molecule has 0 amide bonds. The van der Waals surface area contributed by atoms with Crippen LogP contribution in [0.25, 0.3) is 0 Å². The molecule has 0 saturated heterocycles. The first-order chi connectivity index (χ1) is 8.56. The van der Waals surface area contributed by atoms with Crippen molar-refractivity contribution in [1.82, 2.24) is 9.78 Å². The van der Waals surface area contributed by atoms with Crippen LogP contribution in [0.1, 0.15) is 25.5 Å². The normalized spacial score (nSPS) is 10.9. The van der Waals surface area contributed by atoms with Crippen molar-refractivity contribution in [3.05, 3.63) is 41.0 Å². The van der Waals surface area contributed by atoms with Crippen LogP contribution in [0.3, 0.4) is 0 Å². The van der Waals surface area contributed by atoms with E-state index in [0.717, 1.165) is 11.4 Å². The van der Waals surface area contributed by atoms with Crippen LogP contribution in [-0.4, -0.2) is 9.78 Å². The molecule has 2 rings (SSSR count). The van der Waals surface area contributed by atoms with Crippen molar-refractivity contribution in [2.45, 2.75) is 26.4 Å². The summed E-state index contributed by atoms with van der Waals surface area (Å²) in [5.74, 6) is 0.858. The second-order valence-corrected chi connectivity index (χ2v) is 4.89. The molecule has 1 aromatic heterocycles. The fraction of sp³-hybridized carbons (Fsp3) is 0.308. The van der Waals surface area contributed by atoms with Gasteiger partial charge in [-0.05, 0) is 31.5 Å². The highest BCUT2D eigenvalue weighted by molar-refractivity contribution is 6.33. The largest absolute Gasteiger partial charge is 0.398 e. The molecule has 0 unspecified atom stereocenters. The Morgan fingerprint density at radius 3 is 2.78 bits per heavy atom. The van der Waals surface area contributed by atoms with Crippen LogP contribution < -0.4 is 11.1 Å². The molecule has 1 heterocycles. The fourth-order valence-electron chi connectivity index (χ4n) is 1.59. The smallest absolute Gasteiger partial charge is 0.148 e. The van der Waals surface area contributed by atoms with Crippen molar-refractivity contribution in [2.75, 3.05) is 11.1 Å². The predicted octanol–water partition coefficient (Wildman–Crippen LogP) is 3.31. The van der Waals surface area contributed by atoms with Gasteiger partial charge in [0.2, 0.25) is 0 Å². The Kier molecular flexibility index (Phi) is 3.77. The number of anilines is 2. The molecule has 1 aromatic carbocycles. The molecule has 0 aliphatic carbocycles. The van der Waals surface area contributed by atoms with Gasteiger partial charge in [0.15, 0.2) is 0 Å². The minimum absolute atomic E-state index is 0.367. The predicted molar refractivity (Wildman–Crippen MR) is 75.8 cm³/mol. The van der Waals surface area contributed by atoms with E-state index < -0.39 is 0 Å². The summed E-state index contributed by atoms with van der Waals surface area (Å²) < 4.78 is 1.91. The van der Waals surface area contributed by atoms with Crippen LogP contribution in [-0.2, 0) is 6.54 Å². The number of rotatable bonds is 4. The number of halogens is 1. The third-order valence-corrected chi connectivity index (χ3v) is 3.00. The molecule has 0 spiro atoms. The lowest BCUT2D eigenvalue weighted by atomic mass is 10.2. The van der Waals surface area contributed by atoms with Crippen LogP contribution >= 0.6 is 11.6 Å². The van der Waals surface area contributed by atoms with Crippen LogP contribution in [0.15, 0.2) is 30.5 Å². The molecule has 0 fully saturated rings. The summed E-state index contributed by atoms with van der Waals surface area (Å²) in [6.45, 7) is 4.86. The number of nitrogens with one attached hydrogen (secondary N) is 1. The van der Waals surface area contributed by atoms with E-state index in [1.165, 1.54) is 0 Å². The molecule has 0 bridgehead atoms. The van der Waals surface area contributed by atoms with Gasteiger partial charge in [0.1, 0.15) is 5.82 Å². The van der Waals surface area contributed by atoms with Gasteiger partial charge in [0.25, 0.3) is 0 Å².